The lowest BCUT2D eigenvalue weighted by atomic mass is 9.82. The van der Waals surface area contributed by atoms with Crippen LogP contribution >= 0.6 is 0 Å². The van der Waals surface area contributed by atoms with Gasteiger partial charge in [-0.15, -0.1) is 0 Å². The summed E-state index contributed by atoms with van der Waals surface area (Å²) >= 11 is 0. The molecule has 1 saturated heterocycles. The van der Waals surface area contributed by atoms with Gasteiger partial charge in [-0.3, -0.25) is 4.79 Å². The van der Waals surface area contributed by atoms with E-state index in [1.54, 1.807) is 0 Å². The fraction of sp³-hybridized carbons (Fsp3) is 0.611. The van der Waals surface area contributed by atoms with E-state index < -0.39 is 0 Å². The van der Waals surface area contributed by atoms with Crippen molar-refractivity contribution >= 4 is 5.91 Å². The number of benzene rings is 1. The average Bonchev–Trinajstić information content (AvgIpc) is 2.98. The number of likely N-dealkylation sites (tertiary alicyclic amines) is 1. The standard InChI is InChI=1S/C18H25NO3/c1-2-21-16-7-9-17(10-8-16)22-13-18(20)19-11-14-5-3-4-6-15(14)12-19/h7-10,14-15H,2-6,11-13H2,1H3. The normalized spacial score (nSPS) is 24.0. The van der Waals surface area contributed by atoms with Crippen molar-refractivity contribution < 1.29 is 14.3 Å². The first-order chi connectivity index (χ1) is 10.8. The van der Waals surface area contributed by atoms with Gasteiger partial charge in [-0.05, 0) is 55.9 Å². The van der Waals surface area contributed by atoms with Crippen molar-refractivity contribution in [2.75, 3.05) is 26.3 Å². The predicted molar refractivity (Wildman–Crippen MR) is 85.1 cm³/mol. The molecule has 4 heteroatoms. The Labute approximate surface area is 132 Å². The molecule has 2 aliphatic rings. The summed E-state index contributed by atoms with van der Waals surface area (Å²) in [6.07, 6.45) is 5.22. The topological polar surface area (TPSA) is 38.8 Å². The highest BCUT2D eigenvalue weighted by molar-refractivity contribution is 5.78. The molecule has 2 fully saturated rings. The number of fused-ring (bicyclic) bond motifs is 1. The maximum Gasteiger partial charge on any atom is 0.260 e. The first-order valence-electron chi connectivity index (χ1n) is 8.39. The van der Waals surface area contributed by atoms with Gasteiger partial charge in [0.15, 0.2) is 6.61 Å². The molecule has 0 bridgehead atoms. The Morgan fingerprint density at radius 1 is 1.05 bits per heavy atom. The van der Waals surface area contributed by atoms with Crippen molar-refractivity contribution in [1.29, 1.82) is 0 Å². The molecule has 22 heavy (non-hydrogen) atoms. The largest absolute Gasteiger partial charge is 0.494 e. The maximum atomic E-state index is 12.3. The van der Waals surface area contributed by atoms with Gasteiger partial charge < -0.3 is 14.4 Å². The van der Waals surface area contributed by atoms with E-state index in [2.05, 4.69) is 0 Å². The molecule has 1 heterocycles. The van der Waals surface area contributed by atoms with Crippen LogP contribution < -0.4 is 9.47 Å². The van der Waals surface area contributed by atoms with E-state index in [0.29, 0.717) is 12.4 Å². The lowest BCUT2D eigenvalue weighted by Gasteiger charge is -2.22. The second-order valence-corrected chi connectivity index (χ2v) is 6.30. The number of rotatable bonds is 5. The number of nitrogens with zero attached hydrogens (tertiary/aromatic N) is 1. The van der Waals surface area contributed by atoms with Crippen LogP contribution in [0.15, 0.2) is 24.3 Å². The monoisotopic (exact) mass is 303 g/mol. The van der Waals surface area contributed by atoms with E-state index in [1.807, 2.05) is 36.1 Å². The Balaban J connectivity index is 1.48. The molecule has 1 aromatic rings. The molecule has 1 amide bonds. The zero-order chi connectivity index (χ0) is 15.4. The Morgan fingerprint density at radius 3 is 2.14 bits per heavy atom. The third kappa shape index (κ3) is 3.54. The second kappa shape index (κ2) is 7.03. The molecule has 2 unspecified atom stereocenters. The Hall–Kier alpha value is -1.71. The Bertz CT molecular complexity index is 486. The number of hydrogen-bond acceptors (Lipinski definition) is 3. The summed E-state index contributed by atoms with van der Waals surface area (Å²) in [5, 5.41) is 0. The van der Waals surface area contributed by atoms with Gasteiger partial charge in [0, 0.05) is 13.1 Å². The lowest BCUT2D eigenvalue weighted by Crippen LogP contribution is -2.33. The van der Waals surface area contributed by atoms with Gasteiger partial charge in [0.25, 0.3) is 5.91 Å². The quantitative estimate of drug-likeness (QED) is 0.839. The van der Waals surface area contributed by atoms with Crippen LogP contribution in [0.2, 0.25) is 0 Å². The molecule has 1 aliphatic heterocycles. The van der Waals surface area contributed by atoms with E-state index in [-0.39, 0.29) is 12.5 Å². The summed E-state index contributed by atoms with van der Waals surface area (Å²) in [5.41, 5.74) is 0. The van der Waals surface area contributed by atoms with E-state index in [9.17, 15) is 4.79 Å². The summed E-state index contributed by atoms with van der Waals surface area (Å²) in [5.74, 6) is 3.10. The van der Waals surface area contributed by atoms with Gasteiger partial charge in [0.2, 0.25) is 0 Å². The number of ether oxygens (including phenoxy) is 2. The first-order valence-corrected chi connectivity index (χ1v) is 8.39. The number of carbonyl (C=O) groups excluding carboxylic acids is 1. The van der Waals surface area contributed by atoms with Gasteiger partial charge in [-0.25, -0.2) is 0 Å². The van der Waals surface area contributed by atoms with Gasteiger partial charge in [0.05, 0.1) is 6.61 Å². The van der Waals surface area contributed by atoms with Gasteiger partial charge in [-0.1, -0.05) is 12.8 Å². The lowest BCUT2D eigenvalue weighted by molar-refractivity contribution is -0.132. The van der Waals surface area contributed by atoms with Gasteiger partial charge >= 0.3 is 0 Å². The molecule has 0 N–H and O–H groups in total. The zero-order valence-corrected chi connectivity index (χ0v) is 13.3. The molecule has 0 aromatic heterocycles. The molecule has 3 rings (SSSR count). The van der Waals surface area contributed by atoms with Crippen molar-refractivity contribution in [3.05, 3.63) is 24.3 Å². The zero-order valence-electron chi connectivity index (χ0n) is 13.3. The van der Waals surface area contributed by atoms with Crippen molar-refractivity contribution in [2.24, 2.45) is 11.8 Å². The average molecular weight is 303 g/mol. The van der Waals surface area contributed by atoms with E-state index in [1.165, 1.54) is 25.7 Å². The maximum absolute atomic E-state index is 12.3. The van der Waals surface area contributed by atoms with Crippen molar-refractivity contribution in [1.82, 2.24) is 4.90 Å². The summed E-state index contributed by atoms with van der Waals surface area (Å²) in [6, 6.07) is 7.44. The minimum absolute atomic E-state index is 0.114. The number of carbonyl (C=O) groups is 1. The van der Waals surface area contributed by atoms with E-state index in [4.69, 9.17) is 9.47 Å². The molecule has 4 nitrogen and oxygen atoms in total. The number of hydrogen-bond donors (Lipinski definition) is 0. The van der Waals surface area contributed by atoms with Crippen LogP contribution in [-0.4, -0.2) is 37.1 Å². The fourth-order valence-electron chi connectivity index (χ4n) is 3.64. The first kappa shape index (κ1) is 15.2. The SMILES string of the molecule is CCOc1ccc(OCC(=O)N2CC3CCCCC3C2)cc1. The molecule has 1 aromatic carbocycles. The van der Waals surface area contributed by atoms with Crippen molar-refractivity contribution in [3.63, 3.8) is 0 Å². The Morgan fingerprint density at radius 2 is 1.59 bits per heavy atom. The van der Waals surface area contributed by atoms with Crippen molar-refractivity contribution in [3.8, 4) is 11.5 Å². The highest BCUT2D eigenvalue weighted by Crippen LogP contribution is 2.36. The summed E-state index contributed by atoms with van der Waals surface area (Å²) in [4.78, 5) is 14.3. The summed E-state index contributed by atoms with van der Waals surface area (Å²) in [6.45, 7) is 4.59. The smallest absolute Gasteiger partial charge is 0.260 e. The third-order valence-electron chi connectivity index (χ3n) is 4.83. The molecule has 0 radical (unpaired) electrons. The van der Waals surface area contributed by atoms with Crippen LogP contribution in [0.4, 0.5) is 0 Å². The molecular weight excluding hydrogens is 278 g/mol. The Kier molecular flexibility index (Phi) is 4.86. The number of amides is 1. The highest BCUT2D eigenvalue weighted by Gasteiger charge is 2.36. The third-order valence-corrected chi connectivity index (χ3v) is 4.83. The van der Waals surface area contributed by atoms with Crippen molar-refractivity contribution in [2.45, 2.75) is 32.6 Å². The molecule has 2 atom stereocenters. The molecule has 1 saturated carbocycles. The molecule has 0 spiro atoms. The molecular formula is C18H25NO3. The minimum Gasteiger partial charge on any atom is -0.494 e. The van der Waals surface area contributed by atoms with Gasteiger partial charge in [0.1, 0.15) is 11.5 Å². The highest BCUT2D eigenvalue weighted by atomic mass is 16.5. The van der Waals surface area contributed by atoms with Crippen LogP contribution in [0.1, 0.15) is 32.6 Å². The summed E-state index contributed by atoms with van der Waals surface area (Å²) < 4.78 is 11.0. The minimum atomic E-state index is 0.114. The molecule has 120 valence electrons. The van der Waals surface area contributed by atoms with E-state index >= 15 is 0 Å². The predicted octanol–water partition coefficient (Wildman–Crippen LogP) is 3.11. The van der Waals surface area contributed by atoms with Crippen LogP contribution in [0.5, 0.6) is 11.5 Å². The van der Waals surface area contributed by atoms with E-state index in [0.717, 1.165) is 30.7 Å². The van der Waals surface area contributed by atoms with Crippen LogP contribution in [0.3, 0.4) is 0 Å². The second-order valence-electron chi connectivity index (χ2n) is 6.30. The fourth-order valence-corrected chi connectivity index (χ4v) is 3.64. The van der Waals surface area contributed by atoms with Gasteiger partial charge in [-0.2, -0.15) is 0 Å². The van der Waals surface area contributed by atoms with Crippen LogP contribution in [0.25, 0.3) is 0 Å². The van der Waals surface area contributed by atoms with Crippen LogP contribution in [0, 0.1) is 11.8 Å². The van der Waals surface area contributed by atoms with Crippen LogP contribution in [-0.2, 0) is 4.79 Å². The molecule has 1 aliphatic carbocycles. The summed E-state index contributed by atoms with van der Waals surface area (Å²) in [7, 11) is 0.